The van der Waals surface area contributed by atoms with Crippen molar-refractivity contribution in [2.75, 3.05) is 18.5 Å². The number of ether oxygens (including phenoxy) is 3. The van der Waals surface area contributed by atoms with E-state index in [4.69, 9.17) is 14.2 Å². The Morgan fingerprint density at radius 3 is 2.57 bits per heavy atom. The molecule has 0 amide bonds. The van der Waals surface area contributed by atoms with Gasteiger partial charge in [-0.15, -0.1) is 0 Å². The standard InChI is InChI=1S/C29H30N6O9/c1-28(2,3)33-27-31-24-23(25(38)32-27)30-16-34(24)29(22(37)15-42-19-7-5-4-6-8-19)13-20(36)21(44-29)14-43-26(39)17-9-11-18(12-10-17)35(40)41/h4-12,16,20-21,36H,13-15H2,1-3H3,(H2,31,32,33,38)/t20-,21+,29-/m0/s1. The average molecular weight is 607 g/mol. The van der Waals surface area contributed by atoms with Gasteiger partial charge in [-0.25, -0.2) is 9.78 Å². The Labute approximate surface area is 250 Å². The van der Waals surface area contributed by atoms with Crippen LogP contribution in [-0.4, -0.2) is 72.3 Å². The molecule has 0 aliphatic carbocycles. The minimum Gasteiger partial charge on any atom is -0.486 e. The summed E-state index contributed by atoms with van der Waals surface area (Å²) in [5, 5.41) is 25.1. The maximum atomic E-state index is 13.9. The van der Waals surface area contributed by atoms with Crippen LogP contribution in [0.15, 0.2) is 65.7 Å². The predicted octanol–water partition coefficient (Wildman–Crippen LogP) is 2.55. The fourth-order valence-corrected chi connectivity index (χ4v) is 4.73. The molecule has 1 fully saturated rings. The van der Waals surface area contributed by atoms with Crippen molar-refractivity contribution in [1.82, 2.24) is 19.5 Å². The first kappa shape index (κ1) is 30.3. The summed E-state index contributed by atoms with van der Waals surface area (Å²) >= 11 is 0. The monoisotopic (exact) mass is 606 g/mol. The molecule has 2 aromatic carbocycles. The number of ketones is 1. The number of H-pyrrole nitrogens is 1. The van der Waals surface area contributed by atoms with Crippen LogP contribution in [0.25, 0.3) is 11.2 Å². The van der Waals surface area contributed by atoms with Crippen molar-refractivity contribution in [3.05, 3.63) is 87.0 Å². The van der Waals surface area contributed by atoms with Gasteiger partial charge < -0.3 is 24.6 Å². The molecule has 1 aliphatic heterocycles. The smallest absolute Gasteiger partial charge is 0.338 e. The van der Waals surface area contributed by atoms with Gasteiger partial charge in [-0.2, -0.15) is 4.98 Å². The zero-order valence-electron chi connectivity index (χ0n) is 24.1. The zero-order valence-corrected chi connectivity index (χ0v) is 24.1. The summed E-state index contributed by atoms with van der Waals surface area (Å²) in [4.78, 5) is 61.1. The third kappa shape index (κ3) is 6.28. The summed E-state index contributed by atoms with van der Waals surface area (Å²) in [6.07, 6.45) is -1.55. The largest absolute Gasteiger partial charge is 0.486 e. The molecule has 0 bridgehead atoms. The summed E-state index contributed by atoms with van der Waals surface area (Å²) in [7, 11) is 0. The van der Waals surface area contributed by atoms with Crippen LogP contribution in [0.4, 0.5) is 11.6 Å². The Balaban J connectivity index is 1.45. The first-order chi connectivity index (χ1) is 20.9. The SMILES string of the molecule is CC(C)(C)Nc1nc2c(ncn2[C@@]2(C(=O)COc3ccccc3)C[C@H](O)[C@@H](COC(=O)c3ccc([N+](=O)[O-])cc3)O2)c(=O)[nH]1. The van der Waals surface area contributed by atoms with E-state index in [9.17, 15) is 29.6 Å². The number of hydrogen-bond donors (Lipinski definition) is 3. The van der Waals surface area contributed by atoms with Crippen molar-refractivity contribution in [3.63, 3.8) is 0 Å². The molecule has 5 rings (SSSR count). The van der Waals surface area contributed by atoms with Gasteiger partial charge in [0, 0.05) is 24.1 Å². The van der Waals surface area contributed by atoms with Gasteiger partial charge in [0.25, 0.3) is 11.2 Å². The molecular formula is C29H30N6O9. The maximum Gasteiger partial charge on any atom is 0.338 e. The number of non-ortho nitro benzene ring substituents is 1. The number of fused-ring (bicyclic) bond motifs is 1. The minimum absolute atomic E-state index is 0.0179. The van der Waals surface area contributed by atoms with Crippen molar-refractivity contribution in [3.8, 4) is 5.75 Å². The van der Waals surface area contributed by atoms with Gasteiger partial charge in [0.05, 0.1) is 16.6 Å². The Morgan fingerprint density at radius 2 is 1.91 bits per heavy atom. The maximum absolute atomic E-state index is 13.9. The van der Waals surface area contributed by atoms with Crippen LogP contribution in [0.5, 0.6) is 5.75 Å². The number of rotatable bonds is 10. The molecule has 3 N–H and O–H groups in total. The van der Waals surface area contributed by atoms with Gasteiger partial charge in [0.1, 0.15) is 24.8 Å². The Hall–Kier alpha value is -5.15. The number of benzene rings is 2. The molecule has 0 radical (unpaired) electrons. The third-order valence-corrected chi connectivity index (χ3v) is 6.79. The van der Waals surface area contributed by atoms with Gasteiger partial charge in [-0.1, -0.05) is 18.2 Å². The number of aliphatic hydroxyl groups is 1. The Morgan fingerprint density at radius 1 is 1.20 bits per heavy atom. The molecule has 230 valence electrons. The zero-order chi connectivity index (χ0) is 31.6. The van der Waals surface area contributed by atoms with E-state index in [1.807, 2.05) is 20.8 Å². The molecular weight excluding hydrogens is 576 g/mol. The third-order valence-electron chi connectivity index (χ3n) is 6.79. The number of aromatic nitrogens is 4. The number of para-hydroxylation sites is 1. The van der Waals surface area contributed by atoms with Crippen molar-refractivity contribution in [2.45, 2.75) is 50.7 Å². The van der Waals surface area contributed by atoms with Gasteiger partial charge in [-0.3, -0.25) is 29.3 Å². The number of aliphatic hydroxyl groups excluding tert-OH is 1. The first-order valence-electron chi connectivity index (χ1n) is 13.6. The van der Waals surface area contributed by atoms with E-state index in [0.29, 0.717) is 5.75 Å². The molecule has 0 spiro atoms. The van der Waals surface area contributed by atoms with Crippen molar-refractivity contribution >= 4 is 34.6 Å². The van der Waals surface area contributed by atoms with E-state index < -0.39 is 58.9 Å². The van der Waals surface area contributed by atoms with Crippen molar-refractivity contribution < 1.29 is 33.8 Å². The number of nitrogens with one attached hydrogen (secondary N) is 2. The molecule has 3 atom stereocenters. The summed E-state index contributed by atoms with van der Waals surface area (Å²) < 4.78 is 18.5. The van der Waals surface area contributed by atoms with Gasteiger partial charge in [0.15, 0.2) is 17.8 Å². The second-order valence-electron chi connectivity index (χ2n) is 11.2. The van der Waals surface area contributed by atoms with Crippen LogP contribution in [0.3, 0.4) is 0 Å². The van der Waals surface area contributed by atoms with E-state index in [0.717, 1.165) is 12.1 Å². The lowest BCUT2D eigenvalue weighted by atomic mass is 10.0. The number of anilines is 1. The van der Waals surface area contributed by atoms with Crippen molar-refractivity contribution in [2.24, 2.45) is 0 Å². The van der Waals surface area contributed by atoms with Crippen LogP contribution >= 0.6 is 0 Å². The normalized spacial score (nSPS) is 19.9. The lowest BCUT2D eigenvalue weighted by Crippen LogP contribution is -2.45. The number of nitro benzene ring substituents is 1. The molecule has 1 saturated heterocycles. The van der Waals surface area contributed by atoms with Gasteiger partial charge in [-0.05, 0) is 45.0 Å². The summed E-state index contributed by atoms with van der Waals surface area (Å²) in [6, 6.07) is 13.4. The number of carbonyl (C=O) groups is 2. The second kappa shape index (κ2) is 11.9. The quantitative estimate of drug-likeness (QED) is 0.136. The van der Waals surface area contributed by atoms with Crippen LogP contribution < -0.4 is 15.6 Å². The van der Waals surface area contributed by atoms with Crippen LogP contribution in [0.2, 0.25) is 0 Å². The van der Waals surface area contributed by atoms with Crippen LogP contribution in [-0.2, 0) is 20.0 Å². The van der Waals surface area contributed by atoms with Crippen molar-refractivity contribution in [1.29, 1.82) is 0 Å². The molecule has 15 nitrogen and oxygen atoms in total. The Bertz CT molecular complexity index is 1750. The molecule has 1 aliphatic rings. The summed E-state index contributed by atoms with van der Waals surface area (Å²) in [5.41, 5.74) is -3.16. The summed E-state index contributed by atoms with van der Waals surface area (Å²) in [6.45, 7) is 4.70. The predicted molar refractivity (Wildman–Crippen MR) is 155 cm³/mol. The highest BCUT2D eigenvalue weighted by Crippen LogP contribution is 2.38. The molecule has 4 aromatic rings. The van der Waals surface area contributed by atoms with E-state index in [2.05, 4.69) is 20.3 Å². The molecule has 3 heterocycles. The number of aromatic amines is 1. The van der Waals surface area contributed by atoms with Crippen LogP contribution in [0.1, 0.15) is 37.6 Å². The number of nitrogens with zero attached hydrogens (tertiary/aromatic N) is 4. The molecule has 44 heavy (non-hydrogen) atoms. The number of esters is 1. The fourth-order valence-electron chi connectivity index (χ4n) is 4.73. The Kier molecular flexibility index (Phi) is 8.17. The number of carbonyl (C=O) groups excluding carboxylic acids is 2. The van der Waals surface area contributed by atoms with E-state index in [-0.39, 0.29) is 34.8 Å². The molecule has 15 heteroatoms. The second-order valence-corrected chi connectivity index (χ2v) is 11.2. The van der Waals surface area contributed by atoms with E-state index >= 15 is 0 Å². The first-order valence-corrected chi connectivity index (χ1v) is 13.6. The number of Topliss-reactive ketones (excluding diaryl/α,β-unsaturated/α-hetero) is 1. The topological polar surface area (TPSA) is 201 Å². The molecule has 0 saturated carbocycles. The lowest BCUT2D eigenvalue weighted by molar-refractivity contribution is -0.384. The molecule has 2 aromatic heterocycles. The van der Waals surface area contributed by atoms with E-state index in [1.54, 1.807) is 30.3 Å². The average Bonchev–Trinajstić information content (AvgIpc) is 3.56. The summed E-state index contributed by atoms with van der Waals surface area (Å²) in [5.74, 6) is -0.876. The highest BCUT2D eigenvalue weighted by atomic mass is 16.6. The fraction of sp³-hybridized carbons (Fsp3) is 0.345. The minimum atomic E-state index is -1.94. The molecule has 0 unspecified atom stereocenters. The van der Waals surface area contributed by atoms with E-state index in [1.165, 1.54) is 23.0 Å². The number of nitro groups is 1. The number of hydrogen-bond acceptors (Lipinski definition) is 12. The highest BCUT2D eigenvalue weighted by Gasteiger charge is 2.54. The van der Waals surface area contributed by atoms with Gasteiger partial charge >= 0.3 is 5.97 Å². The highest BCUT2D eigenvalue weighted by molar-refractivity contribution is 5.90. The van der Waals surface area contributed by atoms with Gasteiger partial charge in [0.2, 0.25) is 17.5 Å². The van der Waals surface area contributed by atoms with Crippen LogP contribution in [0, 0.1) is 10.1 Å². The lowest BCUT2D eigenvalue weighted by Gasteiger charge is -2.29. The number of imidazole rings is 1.